The normalized spacial score (nSPS) is 17.8. The third-order valence-corrected chi connectivity index (χ3v) is 11.4. The molecule has 1 aliphatic carbocycles. The molecule has 1 saturated carbocycles. The number of nitrogens with zero attached hydrogens (tertiary/aromatic N) is 7. The number of aryl methyl sites for hydroxylation is 1. The summed E-state index contributed by atoms with van der Waals surface area (Å²) in [7, 11) is 3.88. The predicted octanol–water partition coefficient (Wildman–Crippen LogP) is 2.58. The average Bonchev–Trinajstić information content (AvgIpc) is 3.62. The maximum atomic E-state index is 14.1. The standard InChI is InChI=1S/C44H57BrN10O9/c1-28(56)41-33-19-29(31-22-48-38(49-23-31)10-7-32(57)26-63-17-16-62-14-12-47-39(58)27-64-18-15-61-13-11-46)5-8-34(33)54(52-41)25-40(59)55-35(20-44(2)21-36(44)55)43(60)51-42-30(24-53(3)4)6-9-37(45)50-42/h5-6,8-9,19,22-23,35-36H,7,10-18,20-21,24-27,46H2,1-4H3,(H,47,58)(H,50,51,60)/t35-,36+,44-/m0/s1. The number of likely N-dealkylation sites (tertiary alicyclic amines) is 1. The minimum absolute atomic E-state index is 0.0670. The number of hydrogen-bond donors (Lipinski definition) is 3. The Hall–Kier alpha value is -5.09. The molecule has 0 bridgehead atoms. The average molecular weight is 950 g/mol. The number of pyridine rings is 1. The second-order valence-electron chi connectivity index (χ2n) is 16.5. The fraction of sp³-hybridized carbons (Fsp3) is 0.523. The first-order valence-electron chi connectivity index (χ1n) is 21.3. The Labute approximate surface area is 380 Å². The number of anilines is 1. The minimum atomic E-state index is -0.685. The van der Waals surface area contributed by atoms with Crippen LogP contribution in [0.5, 0.6) is 0 Å². The Bertz CT molecular complexity index is 2290. The van der Waals surface area contributed by atoms with Gasteiger partial charge in [0, 0.05) is 74.3 Å². The van der Waals surface area contributed by atoms with Crippen molar-refractivity contribution >= 4 is 61.9 Å². The summed E-state index contributed by atoms with van der Waals surface area (Å²) in [6, 6.07) is 8.49. The first-order chi connectivity index (χ1) is 30.8. The SMILES string of the molecule is CC(=O)c1nn(CC(=O)N2[C@H](C(=O)Nc3nc(Br)ccc3CN(C)C)C[C@@]3(C)C[C@@H]23)c2ccc(-c3cnc(CCC(=O)COCCOCCNC(=O)COCCOCCN)nc3)cc12. The number of piperidine rings is 1. The summed E-state index contributed by atoms with van der Waals surface area (Å²) in [5, 5.41) is 10.9. The van der Waals surface area contributed by atoms with E-state index in [0.29, 0.717) is 91.6 Å². The molecule has 0 spiro atoms. The second kappa shape index (κ2) is 22.7. The zero-order valence-corrected chi connectivity index (χ0v) is 38.4. The van der Waals surface area contributed by atoms with E-state index in [0.717, 1.165) is 17.5 Å². The molecule has 64 heavy (non-hydrogen) atoms. The van der Waals surface area contributed by atoms with E-state index in [2.05, 4.69) is 53.5 Å². The van der Waals surface area contributed by atoms with Crippen LogP contribution < -0.4 is 16.4 Å². The Kier molecular flexibility index (Phi) is 17.2. The number of nitrogens with two attached hydrogens (primary N) is 1. The van der Waals surface area contributed by atoms with Crippen molar-refractivity contribution in [2.75, 3.05) is 85.4 Å². The van der Waals surface area contributed by atoms with E-state index in [1.807, 2.05) is 49.3 Å². The van der Waals surface area contributed by atoms with Crippen LogP contribution in [0.3, 0.4) is 0 Å². The zero-order valence-electron chi connectivity index (χ0n) is 36.8. The van der Waals surface area contributed by atoms with Crippen LogP contribution in [0.15, 0.2) is 47.3 Å². The van der Waals surface area contributed by atoms with Gasteiger partial charge in [0.2, 0.25) is 17.7 Å². The molecule has 1 aliphatic heterocycles. The third-order valence-electron chi connectivity index (χ3n) is 11.0. The molecule has 344 valence electrons. The first-order valence-corrected chi connectivity index (χ1v) is 22.1. The molecule has 1 saturated heterocycles. The third kappa shape index (κ3) is 13.0. The number of aromatic nitrogens is 5. The highest BCUT2D eigenvalue weighted by molar-refractivity contribution is 9.10. The molecule has 19 nitrogen and oxygen atoms in total. The summed E-state index contributed by atoms with van der Waals surface area (Å²) < 4.78 is 23.4. The first kappa shape index (κ1) is 48.4. The topological polar surface area (TPSA) is 235 Å². The molecule has 2 aliphatic rings. The van der Waals surface area contributed by atoms with Crippen LogP contribution in [0, 0.1) is 5.41 Å². The van der Waals surface area contributed by atoms with Gasteiger partial charge in [0.25, 0.3) is 0 Å². The highest BCUT2D eigenvalue weighted by Crippen LogP contribution is 2.59. The van der Waals surface area contributed by atoms with Gasteiger partial charge in [-0.15, -0.1) is 0 Å². The molecule has 4 heterocycles. The van der Waals surface area contributed by atoms with Gasteiger partial charge in [-0.05, 0) is 72.0 Å². The number of amides is 3. The van der Waals surface area contributed by atoms with Crippen LogP contribution in [0.4, 0.5) is 5.82 Å². The number of halogens is 1. The summed E-state index contributed by atoms with van der Waals surface area (Å²) >= 11 is 3.41. The molecular formula is C44H57BrN10O9. The smallest absolute Gasteiger partial charge is 0.248 e. The second-order valence-corrected chi connectivity index (χ2v) is 17.3. The molecule has 6 rings (SSSR count). The van der Waals surface area contributed by atoms with Gasteiger partial charge < -0.3 is 45.1 Å². The summed E-state index contributed by atoms with van der Waals surface area (Å²) in [4.78, 5) is 82.2. The van der Waals surface area contributed by atoms with Crippen LogP contribution in [-0.4, -0.2) is 156 Å². The van der Waals surface area contributed by atoms with Gasteiger partial charge in [-0.3, -0.25) is 28.7 Å². The molecule has 0 radical (unpaired) electrons. The number of carbonyl (C=O) groups is 5. The zero-order chi connectivity index (χ0) is 45.8. The molecule has 4 aromatic rings. The van der Waals surface area contributed by atoms with E-state index in [9.17, 15) is 24.0 Å². The number of rotatable bonds is 26. The van der Waals surface area contributed by atoms with Gasteiger partial charge >= 0.3 is 0 Å². The molecule has 20 heteroatoms. The van der Waals surface area contributed by atoms with Gasteiger partial charge in [-0.25, -0.2) is 15.0 Å². The summed E-state index contributed by atoms with van der Waals surface area (Å²) in [5.41, 5.74) is 8.31. The van der Waals surface area contributed by atoms with Gasteiger partial charge in [-0.1, -0.05) is 19.1 Å². The number of fused-ring (bicyclic) bond motifs is 2. The van der Waals surface area contributed by atoms with E-state index in [1.165, 1.54) is 11.6 Å². The fourth-order valence-corrected chi connectivity index (χ4v) is 8.00. The quantitative estimate of drug-likeness (QED) is 0.0466. The number of Topliss-reactive ketones (excluding diaryl/α,β-unsaturated/α-hetero) is 2. The highest BCUT2D eigenvalue weighted by atomic mass is 79.9. The van der Waals surface area contributed by atoms with Gasteiger partial charge in [0.05, 0.1) is 45.2 Å². The lowest BCUT2D eigenvalue weighted by Crippen LogP contribution is -2.47. The van der Waals surface area contributed by atoms with Crippen molar-refractivity contribution in [2.24, 2.45) is 11.1 Å². The predicted molar refractivity (Wildman–Crippen MR) is 239 cm³/mol. The molecule has 3 amide bonds. The van der Waals surface area contributed by atoms with Crippen LogP contribution in [0.2, 0.25) is 0 Å². The van der Waals surface area contributed by atoms with Crippen molar-refractivity contribution in [3.8, 4) is 11.1 Å². The number of benzene rings is 1. The van der Waals surface area contributed by atoms with Crippen LogP contribution in [0.25, 0.3) is 22.0 Å². The van der Waals surface area contributed by atoms with Crippen molar-refractivity contribution in [1.82, 2.24) is 39.8 Å². The van der Waals surface area contributed by atoms with Crippen molar-refractivity contribution in [3.63, 3.8) is 0 Å². The Morgan fingerprint density at radius 2 is 1.64 bits per heavy atom. The van der Waals surface area contributed by atoms with Gasteiger partial charge in [-0.2, -0.15) is 5.10 Å². The van der Waals surface area contributed by atoms with E-state index in [-0.39, 0.29) is 85.8 Å². The summed E-state index contributed by atoms with van der Waals surface area (Å²) in [5.74, 6) is -0.221. The molecule has 1 aromatic carbocycles. The number of ketones is 2. The largest absolute Gasteiger partial charge is 0.378 e. The monoisotopic (exact) mass is 948 g/mol. The number of ether oxygens (including phenoxy) is 4. The highest BCUT2D eigenvalue weighted by Gasteiger charge is 2.64. The van der Waals surface area contributed by atoms with Crippen molar-refractivity contribution < 1.29 is 42.9 Å². The van der Waals surface area contributed by atoms with Crippen LogP contribution in [-0.2, 0) is 57.6 Å². The number of hydrogen-bond acceptors (Lipinski definition) is 15. The molecular weight excluding hydrogens is 892 g/mol. The van der Waals surface area contributed by atoms with Gasteiger partial charge in [0.1, 0.15) is 47.7 Å². The summed E-state index contributed by atoms with van der Waals surface area (Å²) in [6.07, 6.45) is 5.20. The van der Waals surface area contributed by atoms with Crippen molar-refractivity contribution in [2.45, 2.75) is 64.7 Å². The molecule has 2 fully saturated rings. The van der Waals surface area contributed by atoms with E-state index in [1.54, 1.807) is 17.3 Å². The Morgan fingerprint density at radius 3 is 2.36 bits per heavy atom. The molecule has 3 aromatic heterocycles. The molecule has 3 atom stereocenters. The van der Waals surface area contributed by atoms with E-state index < -0.39 is 6.04 Å². The lowest BCUT2D eigenvalue weighted by molar-refractivity contribution is -0.138. The number of nitrogens with one attached hydrogen (secondary N) is 2. The van der Waals surface area contributed by atoms with E-state index in [4.69, 9.17) is 24.7 Å². The number of carbonyl (C=O) groups excluding carboxylic acids is 5. The Morgan fingerprint density at radius 1 is 0.922 bits per heavy atom. The lowest BCUT2D eigenvalue weighted by Gasteiger charge is -2.27. The Balaban J connectivity index is 0.975. The van der Waals surface area contributed by atoms with Crippen molar-refractivity contribution in [1.29, 1.82) is 0 Å². The van der Waals surface area contributed by atoms with Crippen LogP contribution >= 0.6 is 15.9 Å². The lowest BCUT2D eigenvalue weighted by atomic mass is 10.0. The van der Waals surface area contributed by atoms with E-state index >= 15 is 0 Å². The summed E-state index contributed by atoms with van der Waals surface area (Å²) in [6.45, 7) is 6.49. The molecule has 4 N–H and O–H groups in total. The fourth-order valence-electron chi connectivity index (χ4n) is 7.69. The molecule has 0 unspecified atom stereocenters. The van der Waals surface area contributed by atoms with Crippen LogP contribution in [0.1, 0.15) is 55.0 Å². The van der Waals surface area contributed by atoms with Crippen molar-refractivity contribution in [3.05, 3.63) is 64.4 Å². The maximum absolute atomic E-state index is 14.1. The minimum Gasteiger partial charge on any atom is -0.378 e. The van der Waals surface area contributed by atoms with Gasteiger partial charge in [0.15, 0.2) is 11.6 Å². The maximum Gasteiger partial charge on any atom is 0.248 e.